The average molecular weight is 167 g/mol. The van der Waals surface area contributed by atoms with Gasteiger partial charge in [-0.25, -0.2) is 0 Å². The van der Waals surface area contributed by atoms with Gasteiger partial charge in [0.25, 0.3) is 0 Å². The molecule has 0 saturated carbocycles. The fourth-order valence-corrected chi connectivity index (χ4v) is 0.871. The lowest BCUT2D eigenvalue weighted by atomic mass is 10.2. The highest BCUT2D eigenvalue weighted by molar-refractivity contribution is 5.69. The van der Waals surface area contributed by atoms with Gasteiger partial charge in [-0.3, -0.25) is 9.78 Å². The lowest BCUT2D eigenvalue weighted by Crippen LogP contribution is -2.03. The largest absolute Gasteiger partial charge is 0.481 e. The molecule has 1 aromatic heterocycles. The standard InChI is InChI=1S/C8H9NO3/c10-5-7-3-1-2-6(9-7)4-8(11)12/h1-3,10H,4-5H2,(H,11,12). The summed E-state index contributed by atoms with van der Waals surface area (Å²) in [6.07, 6.45) is -0.103. The number of aliphatic hydroxyl groups excluding tert-OH is 1. The number of hydrogen-bond donors (Lipinski definition) is 2. The molecule has 1 aromatic rings. The molecular weight excluding hydrogens is 158 g/mol. The van der Waals surface area contributed by atoms with Gasteiger partial charge in [-0.15, -0.1) is 0 Å². The molecule has 0 atom stereocenters. The number of pyridine rings is 1. The minimum Gasteiger partial charge on any atom is -0.481 e. The highest BCUT2D eigenvalue weighted by atomic mass is 16.4. The fourth-order valence-electron chi connectivity index (χ4n) is 0.871. The Kier molecular flexibility index (Phi) is 2.76. The zero-order valence-corrected chi connectivity index (χ0v) is 6.40. The van der Waals surface area contributed by atoms with Crippen molar-refractivity contribution in [2.75, 3.05) is 0 Å². The van der Waals surface area contributed by atoms with E-state index >= 15 is 0 Å². The van der Waals surface area contributed by atoms with E-state index in [0.29, 0.717) is 11.4 Å². The quantitative estimate of drug-likeness (QED) is 0.674. The third kappa shape index (κ3) is 2.32. The molecule has 0 aliphatic heterocycles. The molecule has 0 spiro atoms. The van der Waals surface area contributed by atoms with Gasteiger partial charge in [0, 0.05) is 0 Å². The summed E-state index contributed by atoms with van der Waals surface area (Å²) in [4.78, 5) is 14.2. The normalized spacial score (nSPS) is 9.75. The second-order valence-corrected chi connectivity index (χ2v) is 2.35. The minimum atomic E-state index is -0.919. The van der Waals surface area contributed by atoms with Gasteiger partial charge in [0.15, 0.2) is 0 Å². The summed E-state index contributed by atoms with van der Waals surface area (Å²) in [6.45, 7) is -0.159. The monoisotopic (exact) mass is 167 g/mol. The van der Waals surface area contributed by atoms with Gasteiger partial charge in [-0.2, -0.15) is 0 Å². The second-order valence-electron chi connectivity index (χ2n) is 2.35. The van der Waals surface area contributed by atoms with Crippen molar-refractivity contribution in [1.82, 2.24) is 4.98 Å². The van der Waals surface area contributed by atoms with Crippen molar-refractivity contribution in [3.05, 3.63) is 29.6 Å². The first-order valence-electron chi connectivity index (χ1n) is 3.50. The summed E-state index contributed by atoms with van der Waals surface area (Å²) >= 11 is 0. The average Bonchev–Trinajstić information content (AvgIpc) is 2.03. The van der Waals surface area contributed by atoms with E-state index < -0.39 is 5.97 Å². The van der Waals surface area contributed by atoms with Crippen LogP contribution in [0.3, 0.4) is 0 Å². The highest BCUT2D eigenvalue weighted by Crippen LogP contribution is 1.99. The molecule has 0 aliphatic carbocycles. The summed E-state index contributed by atoms with van der Waals surface area (Å²) in [5.74, 6) is -0.919. The van der Waals surface area contributed by atoms with Crippen molar-refractivity contribution in [1.29, 1.82) is 0 Å². The van der Waals surface area contributed by atoms with Gasteiger partial charge in [-0.05, 0) is 12.1 Å². The van der Waals surface area contributed by atoms with Crippen LogP contribution in [-0.4, -0.2) is 21.2 Å². The predicted octanol–water partition coefficient (Wildman–Crippen LogP) is 0.201. The van der Waals surface area contributed by atoms with Gasteiger partial charge >= 0.3 is 5.97 Å². The number of nitrogens with zero attached hydrogens (tertiary/aromatic N) is 1. The van der Waals surface area contributed by atoms with Crippen LogP contribution >= 0.6 is 0 Å². The number of hydrogen-bond acceptors (Lipinski definition) is 3. The first kappa shape index (κ1) is 8.67. The third-order valence-corrected chi connectivity index (χ3v) is 1.36. The zero-order chi connectivity index (χ0) is 8.97. The first-order valence-corrected chi connectivity index (χ1v) is 3.50. The van der Waals surface area contributed by atoms with Crippen molar-refractivity contribution in [3.63, 3.8) is 0 Å². The Morgan fingerprint density at radius 1 is 1.42 bits per heavy atom. The van der Waals surface area contributed by atoms with Crippen LogP contribution in [0.5, 0.6) is 0 Å². The number of rotatable bonds is 3. The van der Waals surface area contributed by atoms with Crippen LogP contribution < -0.4 is 0 Å². The number of carboxylic acid groups (broad SMARTS) is 1. The zero-order valence-electron chi connectivity index (χ0n) is 6.40. The van der Waals surface area contributed by atoms with Crippen molar-refractivity contribution >= 4 is 5.97 Å². The third-order valence-electron chi connectivity index (χ3n) is 1.36. The molecule has 0 saturated heterocycles. The lowest BCUT2D eigenvalue weighted by Gasteiger charge is -1.98. The van der Waals surface area contributed by atoms with Crippen LogP contribution in [0.15, 0.2) is 18.2 Å². The van der Waals surface area contributed by atoms with E-state index in [1.165, 1.54) is 0 Å². The Labute approximate surface area is 69.5 Å². The van der Waals surface area contributed by atoms with E-state index in [1.807, 2.05) is 0 Å². The Bertz CT molecular complexity index is 285. The van der Waals surface area contributed by atoms with Crippen molar-refractivity contribution < 1.29 is 15.0 Å². The summed E-state index contributed by atoms with van der Waals surface area (Å²) in [5.41, 5.74) is 0.961. The molecule has 4 heteroatoms. The van der Waals surface area contributed by atoms with Crippen molar-refractivity contribution in [3.8, 4) is 0 Å². The molecule has 0 unspecified atom stereocenters. The maximum atomic E-state index is 10.3. The van der Waals surface area contributed by atoms with Crippen molar-refractivity contribution in [2.24, 2.45) is 0 Å². The van der Waals surface area contributed by atoms with E-state index in [1.54, 1.807) is 18.2 Å². The van der Waals surface area contributed by atoms with Gasteiger partial charge in [0.2, 0.25) is 0 Å². The van der Waals surface area contributed by atoms with E-state index in [0.717, 1.165) is 0 Å². The van der Waals surface area contributed by atoms with Gasteiger partial charge < -0.3 is 10.2 Å². The predicted molar refractivity (Wildman–Crippen MR) is 41.5 cm³/mol. The second kappa shape index (κ2) is 3.82. The molecule has 0 aliphatic rings. The summed E-state index contributed by atoms with van der Waals surface area (Å²) in [6, 6.07) is 4.94. The maximum Gasteiger partial charge on any atom is 0.309 e. The number of carbonyl (C=O) groups is 1. The molecule has 0 radical (unpaired) electrons. The molecule has 4 nitrogen and oxygen atoms in total. The number of aliphatic carboxylic acids is 1. The molecule has 12 heavy (non-hydrogen) atoms. The smallest absolute Gasteiger partial charge is 0.309 e. The Morgan fingerprint density at radius 2 is 2.08 bits per heavy atom. The lowest BCUT2D eigenvalue weighted by molar-refractivity contribution is -0.136. The number of carboxylic acids is 1. The molecule has 64 valence electrons. The Balaban J connectivity index is 2.79. The van der Waals surface area contributed by atoms with Gasteiger partial charge in [-0.1, -0.05) is 6.07 Å². The number of aliphatic hydroxyl groups is 1. The summed E-state index contributed by atoms with van der Waals surface area (Å²) in [5, 5.41) is 17.1. The van der Waals surface area contributed by atoms with Crippen LogP contribution in [-0.2, 0) is 17.8 Å². The Morgan fingerprint density at radius 3 is 2.67 bits per heavy atom. The van der Waals surface area contributed by atoms with Gasteiger partial charge in [0.1, 0.15) is 0 Å². The van der Waals surface area contributed by atoms with E-state index in [-0.39, 0.29) is 13.0 Å². The summed E-state index contributed by atoms with van der Waals surface area (Å²) in [7, 11) is 0. The summed E-state index contributed by atoms with van der Waals surface area (Å²) < 4.78 is 0. The van der Waals surface area contributed by atoms with E-state index in [9.17, 15) is 4.79 Å². The molecule has 0 amide bonds. The molecule has 2 N–H and O–H groups in total. The SMILES string of the molecule is O=C(O)Cc1cccc(CO)n1. The van der Waals surface area contributed by atoms with Crippen LogP contribution in [0.2, 0.25) is 0 Å². The molecular formula is C8H9NO3. The minimum absolute atomic E-state index is 0.103. The fraction of sp³-hybridized carbons (Fsp3) is 0.250. The van der Waals surface area contributed by atoms with Crippen LogP contribution in [0.25, 0.3) is 0 Å². The van der Waals surface area contributed by atoms with E-state index in [4.69, 9.17) is 10.2 Å². The molecule has 1 rings (SSSR count). The van der Waals surface area contributed by atoms with Gasteiger partial charge in [0.05, 0.1) is 24.4 Å². The van der Waals surface area contributed by atoms with Crippen molar-refractivity contribution in [2.45, 2.75) is 13.0 Å². The molecule has 1 heterocycles. The maximum absolute atomic E-state index is 10.3. The van der Waals surface area contributed by atoms with E-state index in [2.05, 4.69) is 4.98 Å². The Hall–Kier alpha value is -1.42. The molecule has 0 bridgehead atoms. The molecule has 0 aromatic carbocycles. The van der Waals surface area contributed by atoms with Crippen LogP contribution in [0.4, 0.5) is 0 Å². The van der Waals surface area contributed by atoms with Crippen LogP contribution in [0.1, 0.15) is 11.4 Å². The number of aromatic nitrogens is 1. The van der Waals surface area contributed by atoms with Crippen LogP contribution in [0, 0.1) is 0 Å². The first-order chi connectivity index (χ1) is 5.72. The molecule has 0 fully saturated rings. The highest BCUT2D eigenvalue weighted by Gasteiger charge is 2.01. The topological polar surface area (TPSA) is 70.4 Å².